The van der Waals surface area contributed by atoms with Crippen LogP contribution in [0.15, 0.2) is 0 Å². The van der Waals surface area contributed by atoms with Crippen LogP contribution in [0.4, 0.5) is 0 Å². The molecule has 0 unspecified atom stereocenters. The van der Waals surface area contributed by atoms with Crippen LogP contribution < -0.4 is 11.1 Å². The molecule has 0 heterocycles. The van der Waals surface area contributed by atoms with Gasteiger partial charge >= 0.3 is 0 Å². The molecule has 0 bridgehead atoms. The molecule has 0 fully saturated rings. The smallest absolute Gasteiger partial charge is 0.221 e. The van der Waals surface area contributed by atoms with Crippen LogP contribution in [0.1, 0.15) is 26.7 Å². The summed E-state index contributed by atoms with van der Waals surface area (Å²) in [5, 5.41) is 2.63. The normalized spacial score (nSPS) is 11.1. The van der Waals surface area contributed by atoms with E-state index < -0.39 is 9.84 Å². The topological polar surface area (TPSA) is 89.3 Å². The van der Waals surface area contributed by atoms with Gasteiger partial charge in [-0.05, 0) is 18.9 Å². The van der Waals surface area contributed by atoms with Gasteiger partial charge in [-0.25, -0.2) is 8.42 Å². The van der Waals surface area contributed by atoms with Crippen molar-refractivity contribution in [3.63, 3.8) is 0 Å². The number of carbonyl (C=O) groups excluding carboxylic acids is 1. The molecule has 0 aromatic rings. The molecule has 104 valence electrons. The molecule has 0 aliphatic heterocycles. The maximum atomic E-state index is 11.5. The molecule has 7 heteroatoms. The molecule has 0 aliphatic carbocycles. The zero-order valence-corrected chi connectivity index (χ0v) is 12.1. The van der Waals surface area contributed by atoms with Crippen LogP contribution in [0.2, 0.25) is 0 Å². The Bertz CT molecular complexity index is 305. The predicted octanol–water partition coefficient (Wildman–Crippen LogP) is 0.334. The molecule has 1 amide bonds. The minimum atomic E-state index is -3.09. The van der Waals surface area contributed by atoms with Gasteiger partial charge in [0.1, 0.15) is 0 Å². The summed E-state index contributed by atoms with van der Waals surface area (Å²) in [4.78, 5) is 11.2. The Morgan fingerprint density at radius 3 is 2.41 bits per heavy atom. The van der Waals surface area contributed by atoms with Crippen LogP contribution in [0.5, 0.6) is 0 Å². The summed E-state index contributed by atoms with van der Waals surface area (Å²) in [6.45, 7) is 4.73. The first-order chi connectivity index (χ1) is 7.37. The third kappa shape index (κ3) is 11.9. The first kappa shape index (κ1) is 19.0. The molecule has 0 radical (unpaired) electrons. The van der Waals surface area contributed by atoms with Gasteiger partial charge in [-0.15, -0.1) is 12.4 Å². The number of hydrogen-bond acceptors (Lipinski definition) is 4. The molecule has 0 saturated heterocycles. The lowest BCUT2D eigenvalue weighted by atomic mass is 10.3. The molecule has 3 N–H and O–H groups in total. The van der Waals surface area contributed by atoms with E-state index in [0.717, 1.165) is 0 Å². The molecule has 0 aromatic heterocycles. The number of hydrogen-bond donors (Lipinski definition) is 2. The van der Waals surface area contributed by atoms with Crippen LogP contribution in [0.25, 0.3) is 0 Å². The Hall–Kier alpha value is -0.330. The summed E-state index contributed by atoms with van der Waals surface area (Å²) in [7, 11) is -3.09. The number of rotatable bonds is 8. The molecule has 0 aliphatic rings. The predicted molar refractivity (Wildman–Crippen MR) is 72.0 cm³/mol. The second kappa shape index (κ2) is 9.67. The SMILES string of the molecule is CC(C)CS(=O)(=O)CCC(=O)NCCCN.Cl. The largest absolute Gasteiger partial charge is 0.356 e. The van der Waals surface area contributed by atoms with E-state index in [9.17, 15) is 13.2 Å². The zero-order valence-electron chi connectivity index (χ0n) is 10.4. The molecule has 5 nitrogen and oxygen atoms in total. The van der Waals surface area contributed by atoms with Gasteiger partial charge in [0.05, 0.1) is 11.5 Å². The van der Waals surface area contributed by atoms with Crippen LogP contribution in [-0.2, 0) is 14.6 Å². The fourth-order valence-electron chi connectivity index (χ4n) is 1.26. The molecule has 0 saturated carbocycles. The summed E-state index contributed by atoms with van der Waals surface area (Å²) < 4.78 is 23.0. The van der Waals surface area contributed by atoms with Crippen molar-refractivity contribution in [3.05, 3.63) is 0 Å². The first-order valence-electron chi connectivity index (χ1n) is 5.54. The zero-order chi connectivity index (χ0) is 12.6. The average molecular weight is 287 g/mol. The summed E-state index contributed by atoms with van der Waals surface area (Å²) in [5.41, 5.74) is 5.27. The van der Waals surface area contributed by atoms with Crippen molar-refractivity contribution in [2.75, 3.05) is 24.6 Å². The highest BCUT2D eigenvalue weighted by Gasteiger charge is 2.14. The molecule has 0 spiro atoms. The summed E-state index contributed by atoms with van der Waals surface area (Å²) in [5.74, 6) is -0.0472. The number of sulfone groups is 1. The van der Waals surface area contributed by atoms with Gasteiger partial charge < -0.3 is 11.1 Å². The Labute approximate surface area is 110 Å². The fourth-order valence-corrected chi connectivity index (χ4v) is 2.94. The van der Waals surface area contributed by atoms with Crippen LogP contribution in [0, 0.1) is 5.92 Å². The number of amides is 1. The third-order valence-corrected chi connectivity index (χ3v) is 3.93. The molecule has 0 aromatic carbocycles. The Morgan fingerprint density at radius 2 is 1.94 bits per heavy atom. The summed E-state index contributed by atoms with van der Waals surface area (Å²) >= 11 is 0. The van der Waals surface area contributed by atoms with E-state index in [1.807, 2.05) is 13.8 Å². The lowest BCUT2D eigenvalue weighted by Crippen LogP contribution is -2.28. The standard InChI is InChI=1S/C10H22N2O3S.ClH/c1-9(2)8-16(14,15)7-4-10(13)12-6-3-5-11;/h9H,3-8,11H2,1-2H3,(H,12,13);1H. The monoisotopic (exact) mass is 286 g/mol. The molecule has 0 atom stereocenters. The van der Waals surface area contributed by atoms with Gasteiger partial charge in [0, 0.05) is 13.0 Å². The van der Waals surface area contributed by atoms with Gasteiger partial charge in [0.15, 0.2) is 9.84 Å². The minimum Gasteiger partial charge on any atom is -0.356 e. The number of carbonyl (C=O) groups is 1. The second-order valence-electron chi connectivity index (χ2n) is 4.25. The van der Waals surface area contributed by atoms with E-state index >= 15 is 0 Å². The van der Waals surface area contributed by atoms with Crippen molar-refractivity contribution >= 4 is 28.2 Å². The Kier molecular flexibility index (Phi) is 10.8. The quantitative estimate of drug-likeness (QED) is 0.630. The highest BCUT2D eigenvalue weighted by atomic mass is 35.5. The van der Waals surface area contributed by atoms with E-state index in [1.165, 1.54) is 0 Å². The summed E-state index contributed by atoms with van der Waals surface area (Å²) in [6.07, 6.45) is 0.754. The molecule has 0 rings (SSSR count). The lowest BCUT2D eigenvalue weighted by Gasteiger charge is -2.07. The van der Waals surface area contributed by atoms with Gasteiger partial charge in [-0.2, -0.15) is 0 Å². The van der Waals surface area contributed by atoms with Crippen LogP contribution >= 0.6 is 12.4 Å². The van der Waals surface area contributed by atoms with Crippen LogP contribution in [0.3, 0.4) is 0 Å². The van der Waals surface area contributed by atoms with Gasteiger partial charge in [-0.1, -0.05) is 13.8 Å². The highest BCUT2D eigenvalue weighted by molar-refractivity contribution is 7.91. The highest BCUT2D eigenvalue weighted by Crippen LogP contribution is 2.02. The van der Waals surface area contributed by atoms with Crippen molar-refractivity contribution in [1.29, 1.82) is 0 Å². The maximum Gasteiger partial charge on any atom is 0.221 e. The minimum absolute atomic E-state index is 0. The van der Waals surface area contributed by atoms with Crippen LogP contribution in [-0.4, -0.2) is 38.9 Å². The molecule has 17 heavy (non-hydrogen) atoms. The van der Waals surface area contributed by atoms with Gasteiger partial charge in [0.2, 0.25) is 5.91 Å². The Morgan fingerprint density at radius 1 is 1.35 bits per heavy atom. The molecular weight excluding hydrogens is 264 g/mol. The van der Waals surface area contributed by atoms with Crippen molar-refractivity contribution in [3.8, 4) is 0 Å². The van der Waals surface area contributed by atoms with Gasteiger partial charge in [-0.3, -0.25) is 4.79 Å². The number of nitrogens with one attached hydrogen (secondary N) is 1. The molecular formula is C10H23ClN2O3S. The second-order valence-corrected chi connectivity index (χ2v) is 6.48. The van der Waals surface area contributed by atoms with E-state index in [4.69, 9.17) is 5.73 Å². The van der Waals surface area contributed by atoms with Crippen molar-refractivity contribution < 1.29 is 13.2 Å². The average Bonchev–Trinajstić information content (AvgIpc) is 2.13. The number of halogens is 1. The maximum absolute atomic E-state index is 11.5. The summed E-state index contributed by atoms with van der Waals surface area (Å²) in [6, 6.07) is 0. The van der Waals surface area contributed by atoms with E-state index in [0.29, 0.717) is 19.5 Å². The first-order valence-corrected chi connectivity index (χ1v) is 7.36. The van der Waals surface area contributed by atoms with Gasteiger partial charge in [0.25, 0.3) is 0 Å². The van der Waals surface area contributed by atoms with Crippen molar-refractivity contribution in [2.24, 2.45) is 11.7 Å². The van der Waals surface area contributed by atoms with E-state index in [2.05, 4.69) is 5.32 Å². The Balaban J connectivity index is 0. The lowest BCUT2D eigenvalue weighted by molar-refractivity contribution is -0.120. The van der Waals surface area contributed by atoms with Crippen molar-refractivity contribution in [1.82, 2.24) is 5.32 Å². The van der Waals surface area contributed by atoms with Crippen molar-refractivity contribution in [2.45, 2.75) is 26.7 Å². The fraction of sp³-hybridized carbons (Fsp3) is 0.900. The number of nitrogens with two attached hydrogens (primary N) is 1. The van der Waals surface area contributed by atoms with E-state index in [1.54, 1.807) is 0 Å². The third-order valence-electron chi connectivity index (χ3n) is 1.93. The van der Waals surface area contributed by atoms with E-state index in [-0.39, 0.29) is 42.2 Å².